The van der Waals surface area contributed by atoms with Gasteiger partial charge in [0.1, 0.15) is 5.82 Å². The van der Waals surface area contributed by atoms with E-state index in [4.69, 9.17) is 4.74 Å². The predicted octanol–water partition coefficient (Wildman–Crippen LogP) is -0.738. The molecule has 0 atom stereocenters. The first-order valence-corrected chi connectivity index (χ1v) is 4.77. The zero-order chi connectivity index (χ0) is 10.9. The van der Waals surface area contributed by atoms with Gasteiger partial charge in [0.15, 0.2) is 0 Å². The number of carbonyl (C=O) groups is 1. The fraction of sp³-hybridized carbons (Fsp3) is 0.556. The molecule has 84 valence electrons. The number of imidazole rings is 1. The topological polar surface area (TPSA) is 79.0 Å². The summed E-state index contributed by atoms with van der Waals surface area (Å²) in [7, 11) is 1.60. The molecule has 1 heterocycles. The van der Waals surface area contributed by atoms with Gasteiger partial charge in [-0.25, -0.2) is 4.98 Å². The van der Waals surface area contributed by atoms with E-state index >= 15 is 0 Å². The lowest BCUT2D eigenvalue weighted by molar-refractivity contribution is -0.120. The van der Waals surface area contributed by atoms with E-state index in [0.717, 1.165) is 5.82 Å². The van der Waals surface area contributed by atoms with Crippen LogP contribution in [0.1, 0.15) is 5.82 Å². The third-order valence-corrected chi connectivity index (χ3v) is 1.76. The molecule has 6 heteroatoms. The molecule has 15 heavy (non-hydrogen) atoms. The number of aromatic nitrogens is 2. The van der Waals surface area contributed by atoms with Crippen LogP contribution in [-0.2, 0) is 16.1 Å². The molecule has 0 bridgehead atoms. The largest absolute Gasteiger partial charge is 0.383 e. The minimum atomic E-state index is -0.0430. The number of ether oxygens (including phenoxy) is 1. The minimum Gasteiger partial charge on any atom is -0.383 e. The number of carbonyl (C=O) groups excluding carboxylic acids is 1. The molecule has 1 aromatic rings. The quantitative estimate of drug-likeness (QED) is 0.520. The summed E-state index contributed by atoms with van der Waals surface area (Å²) in [6.45, 7) is 1.91. The summed E-state index contributed by atoms with van der Waals surface area (Å²) in [6, 6.07) is 0. The van der Waals surface area contributed by atoms with Crippen LogP contribution in [0.3, 0.4) is 0 Å². The van der Waals surface area contributed by atoms with E-state index in [1.807, 2.05) is 0 Å². The van der Waals surface area contributed by atoms with Crippen molar-refractivity contribution in [3.05, 3.63) is 18.2 Å². The average molecular weight is 212 g/mol. The third kappa shape index (κ3) is 5.14. The fourth-order valence-electron chi connectivity index (χ4n) is 1.04. The maximum Gasteiger partial charge on any atom is 0.234 e. The highest BCUT2D eigenvalue weighted by Gasteiger charge is 2.00. The van der Waals surface area contributed by atoms with E-state index in [1.54, 1.807) is 19.5 Å². The Hall–Kier alpha value is -1.40. The van der Waals surface area contributed by atoms with Crippen molar-refractivity contribution in [2.24, 2.45) is 0 Å². The van der Waals surface area contributed by atoms with Crippen LogP contribution in [0.5, 0.6) is 0 Å². The summed E-state index contributed by atoms with van der Waals surface area (Å²) >= 11 is 0. The molecule has 6 nitrogen and oxygen atoms in total. The van der Waals surface area contributed by atoms with Crippen molar-refractivity contribution in [2.75, 3.05) is 26.8 Å². The molecule has 0 radical (unpaired) electrons. The highest BCUT2D eigenvalue weighted by atomic mass is 16.5. The second kappa shape index (κ2) is 6.97. The Morgan fingerprint density at radius 1 is 1.67 bits per heavy atom. The van der Waals surface area contributed by atoms with E-state index in [1.165, 1.54) is 0 Å². The Labute approximate surface area is 88.4 Å². The first-order valence-electron chi connectivity index (χ1n) is 4.77. The van der Waals surface area contributed by atoms with Crippen molar-refractivity contribution < 1.29 is 9.53 Å². The van der Waals surface area contributed by atoms with Gasteiger partial charge in [0.05, 0.1) is 19.7 Å². The lowest BCUT2D eigenvalue weighted by Gasteiger charge is -2.04. The molecule has 0 spiro atoms. The molecule has 0 fully saturated rings. The molecule has 3 N–H and O–H groups in total. The SMILES string of the molecule is COCCNC(=O)CNCc1ncc[nH]1. The van der Waals surface area contributed by atoms with E-state index < -0.39 is 0 Å². The van der Waals surface area contributed by atoms with Gasteiger partial charge < -0.3 is 20.4 Å². The Morgan fingerprint density at radius 2 is 2.53 bits per heavy atom. The number of nitrogens with zero attached hydrogens (tertiary/aromatic N) is 1. The first kappa shape index (κ1) is 11.7. The standard InChI is InChI=1S/C9H16N4O2/c1-15-5-4-13-9(14)7-10-6-8-11-2-3-12-8/h2-3,10H,4-7H2,1H3,(H,11,12)(H,13,14). The van der Waals surface area contributed by atoms with Gasteiger partial charge in [-0.15, -0.1) is 0 Å². The minimum absolute atomic E-state index is 0.0430. The van der Waals surface area contributed by atoms with Crippen LogP contribution in [-0.4, -0.2) is 42.7 Å². The number of nitrogens with one attached hydrogen (secondary N) is 3. The Kier molecular flexibility index (Phi) is 5.42. The van der Waals surface area contributed by atoms with Gasteiger partial charge >= 0.3 is 0 Å². The fourth-order valence-corrected chi connectivity index (χ4v) is 1.04. The number of hydrogen-bond donors (Lipinski definition) is 3. The van der Waals surface area contributed by atoms with E-state index in [-0.39, 0.29) is 12.5 Å². The number of hydrogen-bond acceptors (Lipinski definition) is 4. The zero-order valence-electron chi connectivity index (χ0n) is 8.75. The molecule has 0 aliphatic heterocycles. The number of H-pyrrole nitrogens is 1. The highest BCUT2D eigenvalue weighted by Crippen LogP contribution is 1.85. The monoisotopic (exact) mass is 212 g/mol. The third-order valence-electron chi connectivity index (χ3n) is 1.76. The number of amides is 1. The normalized spacial score (nSPS) is 10.2. The van der Waals surface area contributed by atoms with Gasteiger partial charge in [0.25, 0.3) is 0 Å². The van der Waals surface area contributed by atoms with Gasteiger partial charge in [-0.2, -0.15) is 0 Å². The smallest absolute Gasteiger partial charge is 0.234 e. The predicted molar refractivity (Wildman–Crippen MR) is 55.2 cm³/mol. The average Bonchev–Trinajstić information content (AvgIpc) is 2.71. The van der Waals surface area contributed by atoms with Gasteiger partial charge in [-0.3, -0.25) is 4.79 Å². The van der Waals surface area contributed by atoms with Crippen LogP contribution in [0.2, 0.25) is 0 Å². The van der Waals surface area contributed by atoms with Gasteiger partial charge in [-0.05, 0) is 0 Å². The summed E-state index contributed by atoms with van der Waals surface area (Å²) in [4.78, 5) is 18.1. The summed E-state index contributed by atoms with van der Waals surface area (Å²) in [5.74, 6) is 0.776. The summed E-state index contributed by atoms with van der Waals surface area (Å²) in [6.07, 6.45) is 3.42. The summed E-state index contributed by atoms with van der Waals surface area (Å²) in [5.41, 5.74) is 0. The molecule has 0 saturated carbocycles. The Bertz CT molecular complexity index is 274. The highest BCUT2D eigenvalue weighted by molar-refractivity contribution is 5.77. The van der Waals surface area contributed by atoms with Crippen LogP contribution < -0.4 is 10.6 Å². The molecule has 1 amide bonds. The lowest BCUT2D eigenvalue weighted by atomic mass is 10.5. The Morgan fingerprint density at radius 3 is 3.20 bits per heavy atom. The van der Waals surface area contributed by atoms with Crippen LogP contribution in [0, 0.1) is 0 Å². The van der Waals surface area contributed by atoms with Gasteiger partial charge in [0.2, 0.25) is 5.91 Å². The van der Waals surface area contributed by atoms with E-state index in [0.29, 0.717) is 19.7 Å². The maximum absolute atomic E-state index is 11.2. The van der Waals surface area contributed by atoms with Crippen LogP contribution in [0.15, 0.2) is 12.4 Å². The van der Waals surface area contributed by atoms with E-state index in [9.17, 15) is 4.79 Å². The number of aromatic amines is 1. The summed E-state index contributed by atoms with van der Waals surface area (Å²) in [5, 5.41) is 5.67. The molecular formula is C9H16N4O2. The molecule has 1 rings (SSSR count). The van der Waals surface area contributed by atoms with Crippen molar-refractivity contribution in [1.29, 1.82) is 0 Å². The molecule has 0 saturated heterocycles. The van der Waals surface area contributed by atoms with E-state index in [2.05, 4.69) is 20.6 Å². The molecular weight excluding hydrogens is 196 g/mol. The van der Waals surface area contributed by atoms with Crippen molar-refractivity contribution in [3.63, 3.8) is 0 Å². The lowest BCUT2D eigenvalue weighted by Crippen LogP contribution is -2.35. The second-order valence-corrected chi connectivity index (χ2v) is 2.98. The van der Waals surface area contributed by atoms with Crippen molar-refractivity contribution in [2.45, 2.75) is 6.54 Å². The van der Waals surface area contributed by atoms with Crippen LogP contribution >= 0.6 is 0 Å². The maximum atomic E-state index is 11.2. The van der Waals surface area contributed by atoms with Crippen LogP contribution in [0.4, 0.5) is 0 Å². The summed E-state index contributed by atoms with van der Waals surface area (Å²) < 4.78 is 4.81. The van der Waals surface area contributed by atoms with Crippen molar-refractivity contribution >= 4 is 5.91 Å². The molecule has 0 aliphatic rings. The van der Waals surface area contributed by atoms with Crippen molar-refractivity contribution in [3.8, 4) is 0 Å². The molecule has 0 aliphatic carbocycles. The van der Waals surface area contributed by atoms with Gasteiger partial charge in [-0.1, -0.05) is 0 Å². The van der Waals surface area contributed by atoms with Crippen molar-refractivity contribution in [1.82, 2.24) is 20.6 Å². The first-order chi connectivity index (χ1) is 7.33. The van der Waals surface area contributed by atoms with Gasteiger partial charge in [0, 0.05) is 26.0 Å². The molecule has 0 unspecified atom stereocenters. The second-order valence-electron chi connectivity index (χ2n) is 2.98. The molecule has 1 aromatic heterocycles. The number of methoxy groups -OCH3 is 1. The number of rotatable bonds is 7. The zero-order valence-corrected chi connectivity index (χ0v) is 8.75. The molecule has 0 aromatic carbocycles. The Balaban J connectivity index is 2.02. The van der Waals surface area contributed by atoms with Crippen LogP contribution in [0.25, 0.3) is 0 Å².